The number of rotatable bonds is 27. The van der Waals surface area contributed by atoms with Crippen LogP contribution in [0.3, 0.4) is 0 Å². The number of benzene rings is 1. The summed E-state index contributed by atoms with van der Waals surface area (Å²) in [6.45, 7) is 11.3. The number of nitriles is 2. The summed E-state index contributed by atoms with van der Waals surface area (Å²) in [4.78, 5) is 24.5. The van der Waals surface area contributed by atoms with E-state index in [0.717, 1.165) is 37.0 Å². The third-order valence-electron chi connectivity index (χ3n) is 7.23. The SMILES string of the molecule is CCCCCCN(CCOCCOCCOCCOCCOC(=O)CCCC=O)c1ccc(/N=N/c2sc(C#N)c(C)c2C#N)c(C)c1. The number of carbonyl (C=O) groups is 2. The summed E-state index contributed by atoms with van der Waals surface area (Å²) in [5.74, 6) is -0.321. The van der Waals surface area contributed by atoms with Crippen molar-refractivity contribution in [3.8, 4) is 12.1 Å². The lowest BCUT2D eigenvalue weighted by molar-refractivity contribution is -0.145. The Labute approximate surface area is 288 Å². The van der Waals surface area contributed by atoms with Crippen molar-refractivity contribution < 1.29 is 33.3 Å². The molecule has 48 heavy (non-hydrogen) atoms. The van der Waals surface area contributed by atoms with E-state index < -0.39 is 0 Å². The number of esters is 1. The highest BCUT2D eigenvalue weighted by Crippen LogP contribution is 2.36. The van der Waals surface area contributed by atoms with Gasteiger partial charge in [0.05, 0.1) is 64.1 Å². The first-order valence-corrected chi connectivity index (χ1v) is 17.4. The molecule has 13 heteroatoms. The second-order valence-corrected chi connectivity index (χ2v) is 11.9. The highest BCUT2D eigenvalue weighted by Gasteiger charge is 2.15. The van der Waals surface area contributed by atoms with Crippen LogP contribution >= 0.6 is 11.3 Å². The molecule has 2 rings (SSSR count). The zero-order chi connectivity index (χ0) is 34.8. The van der Waals surface area contributed by atoms with Crippen molar-refractivity contribution in [1.82, 2.24) is 0 Å². The van der Waals surface area contributed by atoms with Gasteiger partial charge in [0.1, 0.15) is 29.9 Å². The minimum Gasteiger partial charge on any atom is -0.463 e. The number of nitrogens with zero attached hydrogens (tertiary/aromatic N) is 5. The lowest BCUT2D eigenvalue weighted by atomic mass is 10.1. The number of aryl methyl sites for hydroxylation is 1. The van der Waals surface area contributed by atoms with Gasteiger partial charge in [-0.1, -0.05) is 26.2 Å². The molecular weight excluding hydrogens is 634 g/mol. The molecule has 0 aliphatic carbocycles. The first-order chi connectivity index (χ1) is 23.4. The van der Waals surface area contributed by atoms with Gasteiger partial charge in [-0.05, 0) is 56.0 Å². The van der Waals surface area contributed by atoms with Crippen molar-refractivity contribution in [2.75, 3.05) is 77.5 Å². The number of thiophene rings is 1. The van der Waals surface area contributed by atoms with Gasteiger partial charge in [0.15, 0.2) is 5.00 Å². The molecular formula is C35H49N5O7S. The minimum atomic E-state index is -0.321. The van der Waals surface area contributed by atoms with Gasteiger partial charge in [-0.25, -0.2) is 0 Å². The van der Waals surface area contributed by atoms with E-state index in [1.807, 2.05) is 19.1 Å². The first kappa shape index (κ1) is 40.5. The van der Waals surface area contributed by atoms with Gasteiger partial charge in [-0.15, -0.1) is 21.6 Å². The molecule has 1 aromatic heterocycles. The first-order valence-electron chi connectivity index (χ1n) is 16.6. The van der Waals surface area contributed by atoms with Crippen LogP contribution in [0.4, 0.5) is 16.4 Å². The Morgan fingerprint density at radius 3 is 2.12 bits per heavy atom. The predicted octanol–water partition coefficient (Wildman–Crippen LogP) is 6.89. The Hall–Kier alpha value is -3.72. The minimum absolute atomic E-state index is 0.187. The molecule has 2 aromatic rings. The van der Waals surface area contributed by atoms with E-state index in [9.17, 15) is 20.1 Å². The lowest BCUT2D eigenvalue weighted by Gasteiger charge is -2.25. The number of unbranched alkanes of at least 4 members (excludes halogenated alkanes) is 4. The second-order valence-electron chi connectivity index (χ2n) is 10.9. The van der Waals surface area contributed by atoms with Gasteiger partial charge in [0.25, 0.3) is 0 Å². The molecule has 0 aliphatic heterocycles. The van der Waals surface area contributed by atoms with Crippen LogP contribution in [0.25, 0.3) is 0 Å². The van der Waals surface area contributed by atoms with Gasteiger partial charge >= 0.3 is 5.97 Å². The number of hydrogen-bond acceptors (Lipinski definition) is 13. The average Bonchev–Trinajstić information content (AvgIpc) is 3.40. The number of anilines is 1. The van der Waals surface area contributed by atoms with Crippen molar-refractivity contribution in [3.63, 3.8) is 0 Å². The van der Waals surface area contributed by atoms with Crippen LogP contribution in [0.5, 0.6) is 0 Å². The maximum absolute atomic E-state index is 11.4. The normalized spacial score (nSPS) is 11.0. The van der Waals surface area contributed by atoms with E-state index >= 15 is 0 Å². The Bertz CT molecular complexity index is 1350. The van der Waals surface area contributed by atoms with Crippen LogP contribution < -0.4 is 4.90 Å². The van der Waals surface area contributed by atoms with E-state index in [2.05, 4.69) is 40.3 Å². The third kappa shape index (κ3) is 15.9. The summed E-state index contributed by atoms with van der Waals surface area (Å²) in [5, 5.41) is 27.9. The predicted molar refractivity (Wildman–Crippen MR) is 184 cm³/mol. The van der Waals surface area contributed by atoms with Crippen LogP contribution in [0.2, 0.25) is 0 Å². The summed E-state index contributed by atoms with van der Waals surface area (Å²) in [7, 11) is 0. The third-order valence-corrected chi connectivity index (χ3v) is 8.31. The zero-order valence-electron chi connectivity index (χ0n) is 28.5. The Balaban J connectivity index is 1.68. The van der Waals surface area contributed by atoms with E-state index in [4.69, 9.17) is 23.7 Å². The zero-order valence-corrected chi connectivity index (χ0v) is 29.4. The molecule has 0 radical (unpaired) electrons. The van der Waals surface area contributed by atoms with E-state index in [0.29, 0.717) is 92.4 Å². The van der Waals surface area contributed by atoms with Crippen molar-refractivity contribution in [2.45, 2.75) is 65.7 Å². The molecule has 1 aromatic carbocycles. The van der Waals surface area contributed by atoms with Crippen molar-refractivity contribution in [3.05, 3.63) is 39.8 Å². The number of azo groups is 1. The van der Waals surface area contributed by atoms with E-state index in [1.165, 1.54) is 30.6 Å². The van der Waals surface area contributed by atoms with Crippen molar-refractivity contribution in [2.24, 2.45) is 10.2 Å². The fourth-order valence-electron chi connectivity index (χ4n) is 4.51. The number of ether oxygens (including phenoxy) is 5. The molecule has 0 amide bonds. The largest absolute Gasteiger partial charge is 0.463 e. The lowest BCUT2D eigenvalue weighted by Crippen LogP contribution is -2.29. The monoisotopic (exact) mass is 683 g/mol. The summed E-state index contributed by atoms with van der Waals surface area (Å²) in [6.07, 6.45) is 6.55. The maximum atomic E-state index is 11.4. The van der Waals surface area contributed by atoms with Gasteiger partial charge in [-0.2, -0.15) is 10.5 Å². The molecule has 0 bridgehead atoms. The standard InChI is InChI=1S/C35H49N5O7S/c1-4-5-6-8-13-40(30-11-12-32(28(2)25-30)38-39-35-31(26-36)29(3)33(27-37)48-35)14-16-43-17-18-44-19-20-45-21-22-46-23-24-47-34(42)10-7-9-15-41/h11-12,15,25H,4-10,13-14,16-24H2,1-3H3/b39-38+. The number of carbonyl (C=O) groups excluding carboxylic acids is 2. The second kappa shape index (κ2) is 25.3. The molecule has 0 N–H and O–H groups in total. The van der Waals surface area contributed by atoms with Crippen LogP contribution in [-0.4, -0.2) is 84.8 Å². The molecule has 0 atom stereocenters. The van der Waals surface area contributed by atoms with Gasteiger partial charge in [0, 0.05) is 31.6 Å². The van der Waals surface area contributed by atoms with E-state index in [-0.39, 0.29) is 19.0 Å². The van der Waals surface area contributed by atoms with Crippen molar-refractivity contribution >= 4 is 40.0 Å². The summed E-state index contributed by atoms with van der Waals surface area (Å²) in [5.41, 5.74) is 3.81. The summed E-state index contributed by atoms with van der Waals surface area (Å²) >= 11 is 1.18. The fourth-order valence-corrected chi connectivity index (χ4v) is 5.38. The highest BCUT2D eigenvalue weighted by molar-refractivity contribution is 7.16. The molecule has 1 heterocycles. The Morgan fingerprint density at radius 2 is 1.52 bits per heavy atom. The maximum Gasteiger partial charge on any atom is 0.305 e. The molecule has 0 spiro atoms. The molecule has 0 unspecified atom stereocenters. The van der Waals surface area contributed by atoms with E-state index in [1.54, 1.807) is 6.92 Å². The summed E-state index contributed by atoms with van der Waals surface area (Å²) < 4.78 is 27.4. The van der Waals surface area contributed by atoms with Gasteiger partial charge in [0.2, 0.25) is 0 Å². The average molecular weight is 684 g/mol. The van der Waals surface area contributed by atoms with Gasteiger partial charge < -0.3 is 33.4 Å². The molecule has 0 aliphatic rings. The molecule has 12 nitrogen and oxygen atoms in total. The molecule has 0 fully saturated rings. The van der Waals surface area contributed by atoms with Crippen molar-refractivity contribution in [1.29, 1.82) is 10.5 Å². The molecule has 262 valence electrons. The highest BCUT2D eigenvalue weighted by atomic mass is 32.1. The number of hydrogen-bond donors (Lipinski definition) is 0. The molecule has 0 saturated heterocycles. The molecule has 0 saturated carbocycles. The van der Waals surface area contributed by atoms with Crippen LogP contribution in [0.15, 0.2) is 28.4 Å². The smallest absolute Gasteiger partial charge is 0.305 e. The van der Waals surface area contributed by atoms with Crippen LogP contribution in [0, 0.1) is 36.5 Å². The summed E-state index contributed by atoms with van der Waals surface area (Å²) in [6, 6.07) is 10.3. The number of aldehydes is 1. The van der Waals surface area contributed by atoms with Crippen LogP contribution in [0.1, 0.15) is 73.4 Å². The quantitative estimate of drug-likeness (QED) is 0.0421. The Kier molecular flexibility index (Phi) is 21.3. The van der Waals surface area contributed by atoms with Gasteiger partial charge in [-0.3, -0.25) is 4.79 Å². The fraction of sp³-hybridized carbons (Fsp3) is 0.600. The Morgan fingerprint density at radius 1 is 0.854 bits per heavy atom. The van der Waals surface area contributed by atoms with Crippen LogP contribution in [-0.2, 0) is 33.3 Å². The topological polar surface area (TPSA) is 156 Å².